The van der Waals surface area contributed by atoms with E-state index < -0.39 is 10.0 Å². The molecule has 7 nitrogen and oxygen atoms in total. The van der Waals surface area contributed by atoms with Crippen LogP contribution in [-0.2, 0) is 23.6 Å². The molecule has 0 saturated carbocycles. The average molecular weight is 267 g/mol. The molecule has 18 heavy (non-hydrogen) atoms. The van der Waals surface area contributed by atoms with Gasteiger partial charge in [-0.15, -0.1) is 0 Å². The molecule has 2 rings (SSSR count). The molecule has 0 atom stereocenters. The van der Waals surface area contributed by atoms with Gasteiger partial charge in [-0.2, -0.15) is 0 Å². The number of hydrogen-bond acceptors (Lipinski definition) is 5. The summed E-state index contributed by atoms with van der Waals surface area (Å²) in [6, 6.07) is 5.28. The van der Waals surface area contributed by atoms with E-state index in [1.54, 1.807) is 31.4 Å². The monoisotopic (exact) mass is 267 g/mol. The van der Waals surface area contributed by atoms with Crippen molar-refractivity contribution in [3.63, 3.8) is 0 Å². The van der Waals surface area contributed by atoms with Crippen molar-refractivity contribution >= 4 is 15.8 Å². The van der Waals surface area contributed by atoms with Crippen LogP contribution in [0.15, 0.2) is 35.7 Å². The van der Waals surface area contributed by atoms with Crippen LogP contribution in [0.3, 0.4) is 0 Å². The zero-order valence-corrected chi connectivity index (χ0v) is 10.6. The lowest BCUT2D eigenvalue weighted by molar-refractivity contribution is 0.571. The fourth-order valence-electron chi connectivity index (χ4n) is 1.50. The van der Waals surface area contributed by atoms with Crippen molar-refractivity contribution in [2.75, 3.05) is 5.73 Å². The SMILES string of the molecule is Cn1cnc(N)c1S(=O)(=O)NCc1ccccn1. The van der Waals surface area contributed by atoms with Crippen LogP contribution in [0.25, 0.3) is 0 Å². The number of nitrogens with zero attached hydrogens (tertiary/aromatic N) is 3. The zero-order valence-electron chi connectivity index (χ0n) is 9.74. The van der Waals surface area contributed by atoms with Gasteiger partial charge in [0, 0.05) is 13.2 Å². The molecule has 0 saturated heterocycles. The van der Waals surface area contributed by atoms with Crippen molar-refractivity contribution in [3.05, 3.63) is 36.4 Å². The summed E-state index contributed by atoms with van der Waals surface area (Å²) in [5.74, 6) is -0.0222. The Morgan fingerprint density at radius 2 is 2.17 bits per heavy atom. The highest BCUT2D eigenvalue weighted by molar-refractivity contribution is 7.89. The average Bonchev–Trinajstić information content (AvgIpc) is 2.69. The minimum absolute atomic E-state index is 0.0222. The third-order valence-electron chi connectivity index (χ3n) is 2.33. The van der Waals surface area contributed by atoms with Crippen molar-refractivity contribution in [1.82, 2.24) is 19.3 Å². The van der Waals surface area contributed by atoms with Crippen LogP contribution in [0.5, 0.6) is 0 Å². The van der Waals surface area contributed by atoms with Crippen molar-refractivity contribution in [3.8, 4) is 0 Å². The summed E-state index contributed by atoms with van der Waals surface area (Å²) in [7, 11) is -2.12. The standard InChI is InChI=1S/C10H13N5O2S/c1-15-7-13-9(11)10(15)18(16,17)14-6-8-4-2-3-5-12-8/h2-5,7,14H,6,11H2,1H3. The first kappa shape index (κ1) is 12.5. The van der Waals surface area contributed by atoms with Crippen LogP contribution in [0.2, 0.25) is 0 Å². The summed E-state index contributed by atoms with van der Waals surface area (Å²) in [5, 5.41) is -0.0431. The van der Waals surface area contributed by atoms with E-state index in [9.17, 15) is 8.42 Å². The number of imidazole rings is 1. The first-order chi connectivity index (χ1) is 8.50. The molecule has 0 unspecified atom stereocenters. The topological polar surface area (TPSA) is 103 Å². The molecule has 0 aliphatic rings. The highest BCUT2D eigenvalue weighted by Gasteiger charge is 2.21. The predicted molar refractivity (Wildman–Crippen MR) is 65.9 cm³/mol. The lowest BCUT2D eigenvalue weighted by Crippen LogP contribution is -2.26. The van der Waals surface area contributed by atoms with Gasteiger partial charge in [0.15, 0.2) is 10.8 Å². The summed E-state index contributed by atoms with van der Waals surface area (Å²) >= 11 is 0. The fourth-order valence-corrected chi connectivity index (χ4v) is 2.73. The van der Waals surface area contributed by atoms with Crippen LogP contribution in [0.4, 0.5) is 5.82 Å². The van der Waals surface area contributed by atoms with E-state index >= 15 is 0 Å². The number of hydrogen-bond donors (Lipinski definition) is 2. The van der Waals surface area contributed by atoms with Crippen LogP contribution in [-0.4, -0.2) is 23.0 Å². The molecule has 0 aromatic carbocycles. The maximum atomic E-state index is 12.0. The van der Waals surface area contributed by atoms with Gasteiger partial charge < -0.3 is 10.3 Å². The van der Waals surface area contributed by atoms with E-state index in [1.807, 2.05) is 0 Å². The molecule has 0 aliphatic heterocycles. The smallest absolute Gasteiger partial charge is 0.260 e. The number of aryl methyl sites for hydroxylation is 1. The molecule has 0 amide bonds. The van der Waals surface area contributed by atoms with Crippen molar-refractivity contribution in [2.24, 2.45) is 7.05 Å². The second-order valence-electron chi connectivity index (χ2n) is 3.69. The van der Waals surface area contributed by atoms with Gasteiger partial charge in [-0.25, -0.2) is 18.1 Å². The number of rotatable bonds is 4. The van der Waals surface area contributed by atoms with Gasteiger partial charge in [0.05, 0.1) is 18.6 Å². The van der Waals surface area contributed by atoms with Gasteiger partial charge in [-0.3, -0.25) is 4.98 Å². The summed E-state index contributed by atoms with van der Waals surface area (Å²) in [5.41, 5.74) is 6.16. The van der Waals surface area contributed by atoms with Crippen molar-refractivity contribution in [1.29, 1.82) is 0 Å². The Balaban J connectivity index is 2.19. The van der Waals surface area contributed by atoms with E-state index in [2.05, 4.69) is 14.7 Å². The molecule has 0 aliphatic carbocycles. The molecule has 96 valence electrons. The van der Waals surface area contributed by atoms with E-state index in [-0.39, 0.29) is 17.4 Å². The first-order valence-corrected chi connectivity index (χ1v) is 6.65. The Morgan fingerprint density at radius 1 is 1.39 bits per heavy atom. The van der Waals surface area contributed by atoms with Gasteiger partial charge in [-0.05, 0) is 12.1 Å². The molecule has 0 radical (unpaired) electrons. The minimum Gasteiger partial charge on any atom is -0.381 e. The number of aromatic nitrogens is 3. The van der Waals surface area contributed by atoms with Gasteiger partial charge >= 0.3 is 0 Å². The van der Waals surface area contributed by atoms with Crippen LogP contribution in [0.1, 0.15) is 5.69 Å². The Labute approximate surface area is 105 Å². The Morgan fingerprint density at radius 3 is 2.72 bits per heavy atom. The molecular weight excluding hydrogens is 254 g/mol. The van der Waals surface area contributed by atoms with E-state index in [0.29, 0.717) is 5.69 Å². The van der Waals surface area contributed by atoms with Gasteiger partial charge in [0.25, 0.3) is 10.0 Å². The van der Waals surface area contributed by atoms with Crippen LogP contribution < -0.4 is 10.5 Å². The summed E-state index contributed by atoms with van der Waals surface area (Å²) in [6.07, 6.45) is 2.95. The molecule has 8 heteroatoms. The molecule has 0 spiro atoms. The van der Waals surface area contributed by atoms with Crippen molar-refractivity contribution in [2.45, 2.75) is 11.6 Å². The Kier molecular flexibility index (Phi) is 3.30. The number of pyridine rings is 1. The second kappa shape index (κ2) is 4.75. The molecule has 0 fully saturated rings. The number of anilines is 1. The van der Waals surface area contributed by atoms with E-state index in [1.165, 1.54) is 10.9 Å². The Bertz CT molecular complexity index is 616. The maximum absolute atomic E-state index is 12.0. The van der Waals surface area contributed by atoms with Gasteiger partial charge in [-0.1, -0.05) is 6.07 Å². The third kappa shape index (κ3) is 2.49. The minimum atomic E-state index is -3.69. The predicted octanol–water partition coefficient (Wildman–Crippen LogP) is -0.124. The zero-order chi connectivity index (χ0) is 13.2. The number of nitrogens with one attached hydrogen (secondary N) is 1. The molecule has 2 aromatic rings. The fraction of sp³-hybridized carbons (Fsp3) is 0.200. The molecular formula is C10H13N5O2S. The molecule has 2 heterocycles. The molecule has 0 bridgehead atoms. The van der Waals surface area contributed by atoms with Crippen LogP contribution >= 0.6 is 0 Å². The third-order valence-corrected chi connectivity index (χ3v) is 3.86. The summed E-state index contributed by atoms with van der Waals surface area (Å²) in [6.45, 7) is 0.105. The quantitative estimate of drug-likeness (QED) is 0.803. The normalized spacial score (nSPS) is 11.6. The van der Waals surface area contributed by atoms with Gasteiger partial charge in [0.2, 0.25) is 0 Å². The molecule has 2 aromatic heterocycles. The highest BCUT2D eigenvalue weighted by atomic mass is 32.2. The Hall–Kier alpha value is -1.93. The second-order valence-corrected chi connectivity index (χ2v) is 5.37. The highest BCUT2D eigenvalue weighted by Crippen LogP contribution is 2.15. The summed E-state index contributed by atoms with van der Waals surface area (Å²) < 4.78 is 27.8. The summed E-state index contributed by atoms with van der Waals surface area (Å²) in [4.78, 5) is 7.77. The maximum Gasteiger partial charge on any atom is 0.260 e. The largest absolute Gasteiger partial charge is 0.381 e. The lowest BCUT2D eigenvalue weighted by atomic mass is 10.4. The lowest BCUT2D eigenvalue weighted by Gasteiger charge is -2.07. The van der Waals surface area contributed by atoms with Gasteiger partial charge in [0.1, 0.15) is 0 Å². The molecule has 3 N–H and O–H groups in total. The van der Waals surface area contributed by atoms with E-state index in [4.69, 9.17) is 5.73 Å². The number of nitrogen functional groups attached to an aromatic ring is 1. The first-order valence-electron chi connectivity index (χ1n) is 5.17. The number of nitrogens with two attached hydrogens (primary N) is 1. The van der Waals surface area contributed by atoms with E-state index in [0.717, 1.165) is 0 Å². The van der Waals surface area contributed by atoms with Crippen molar-refractivity contribution < 1.29 is 8.42 Å². The number of sulfonamides is 1. The van der Waals surface area contributed by atoms with Crippen LogP contribution in [0, 0.1) is 0 Å².